The first-order valence-corrected chi connectivity index (χ1v) is 11.4. The Morgan fingerprint density at radius 1 is 1.16 bits per heavy atom. The molecule has 1 aliphatic rings. The number of amides is 1. The van der Waals surface area contributed by atoms with Crippen LogP contribution in [0, 0.1) is 0 Å². The fourth-order valence-corrected chi connectivity index (χ4v) is 3.67. The Labute approximate surface area is 191 Å². The summed E-state index contributed by atoms with van der Waals surface area (Å²) in [5.74, 6) is 1.50. The van der Waals surface area contributed by atoms with Crippen LogP contribution in [0.1, 0.15) is 39.3 Å². The van der Waals surface area contributed by atoms with Gasteiger partial charge >= 0.3 is 0 Å². The molecule has 0 unspecified atom stereocenters. The summed E-state index contributed by atoms with van der Waals surface area (Å²) in [6.07, 6.45) is 9.23. The maximum absolute atomic E-state index is 13.0. The van der Waals surface area contributed by atoms with Gasteiger partial charge in [0.25, 0.3) is 0 Å². The van der Waals surface area contributed by atoms with Gasteiger partial charge in [0.1, 0.15) is 11.6 Å². The van der Waals surface area contributed by atoms with E-state index in [-0.39, 0.29) is 5.91 Å². The monoisotopic (exact) mass is 450 g/mol. The number of nitrogens with zero attached hydrogens (tertiary/aromatic N) is 4. The van der Waals surface area contributed by atoms with E-state index in [1.807, 2.05) is 32.9 Å². The van der Waals surface area contributed by atoms with Crippen molar-refractivity contribution in [1.82, 2.24) is 19.9 Å². The second-order valence-electron chi connectivity index (χ2n) is 8.04. The third kappa shape index (κ3) is 5.34. The molecule has 3 aromatic heterocycles. The highest BCUT2D eigenvalue weighted by Gasteiger charge is 2.32. The molecule has 0 aliphatic heterocycles. The van der Waals surface area contributed by atoms with Gasteiger partial charge in [-0.15, -0.1) is 0 Å². The van der Waals surface area contributed by atoms with Crippen molar-refractivity contribution in [3.8, 4) is 16.9 Å². The van der Waals surface area contributed by atoms with Crippen LogP contribution in [-0.2, 0) is 10.2 Å². The number of nitrogens with one attached hydrogen (secondary N) is 2. The average Bonchev–Trinajstić information content (AvgIpc) is 3.63. The predicted molar refractivity (Wildman–Crippen MR) is 127 cm³/mol. The lowest BCUT2D eigenvalue weighted by atomic mass is 9.88. The Morgan fingerprint density at radius 2 is 2.00 bits per heavy atom. The van der Waals surface area contributed by atoms with Gasteiger partial charge in [0, 0.05) is 35.0 Å². The topological polar surface area (TPSA) is 102 Å². The molecule has 166 valence electrons. The number of anilines is 2. The van der Waals surface area contributed by atoms with Crippen LogP contribution in [0.2, 0.25) is 0 Å². The van der Waals surface area contributed by atoms with Gasteiger partial charge in [0.2, 0.25) is 11.9 Å². The van der Waals surface area contributed by atoms with Crippen LogP contribution in [0.3, 0.4) is 0 Å². The van der Waals surface area contributed by atoms with Gasteiger partial charge in [0.05, 0.1) is 23.9 Å². The third-order valence-corrected chi connectivity index (χ3v) is 6.17. The van der Waals surface area contributed by atoms with E-state index in [4.69, 9.17) is 4.74 Å². The molecule has 0 spiro atoms. The standard InChI is InChI=1S/C23H26N6O2S/c1-4-31-17-11-16(12-24-14-17)15-5-8-20(26-13-15)28-21(30)23(2,3)19-9-10-25-22(27-19)29-32-18-6-7-18/h5,8-14,18H,4,6-7H2,1-3H3,(H,25,27,29)(H,26,28,30). The average molecular weight is 451 g/mol. The summed E-state index contributed by atoms with van der Waals surface area (Å²) in [5.41, 5.74) is 1.56. The number of pyridine rings is 2. The summed E-state index contributed by atoms with van der Waals surface area (Å²) < 4.78 is 8.68. The quantitative estimate of drug-likeness (QED) is 0.461. The first-order valence-electron chi connectivity index (χ1n) is 10.6. The number of aromatic nitrogens is 4. The molecule has 1 saturated carbocycles. The number of hydrogen-bond donors (Lipinski definition) is 2. The van der Waals surface area contributed by atoms with E-state index in [0.29, 0.717) is 35.1 Å². The van der Waals surface area contributed by atoms with Crippen LogP contribution >= 0.6 is 11.9 Å². The molecule has 8 nitrogen and oxygen atoms in total. The minimum atomic E-state index is -0.861. The molecule has 32 heavy (non-hydrogen) atoms. The van der Waals surface area contributed by atoms with Gasteiger partial charge in [-0.05, 0) is 69.8 Å². The second-order valence-corrected chi connectivity index (χ2v) is 9.14. The van der Waals surface area contributed by atoms with Gasteiger partial charge in [0.15, 0.2) is 0 Å². The van der Waals surface area contributed by atoms with Crippen LogP contribution < -0.4 is 14.8 Å². The van der Waals surface area contributed by atoms with E-state index in [0.717, 1.165) is 11.1 Å². The molecule has 1 amide bonds. The van der Waals surface area contributed by atoms with Gasteiger partial charge in [-0.25, -0.2) is 15.0 Å². The summed E-state index contributed by atoms with van der Waals surface area (Å²) in [4.78, 5) is 30.4. The number of rotatable bonds is 9. The highest BCUT2D eigenvalue weighted by Crippen LogP contribution is 2.34. The van der Waals surface area contributed by atoms with Crippen LogP contribution in [0.5, 0.6) is 5.75 Å². The maximum atomic E-state index is 13.0. The number of carbonyl (C=O) groups is 1. The zero-order valence-corrected chi connectivity index (χ0v) is 19.1. The van der Waals surface area contributed by atoms with Crippen LogP contribution in [0.4, 0.5) is 11.8 Å². The Morgan fingerprint density at radius 3 is 2.72 bits per heavy atom. The van der Waals surface area contributed by atoms with Gasteiger partial charge in [-0.2, -0.15) is 0 Å². The van der Waals surface area contributed by atoms with Crippen molar-refractivity contribution in [2.45, 2.75) is 44.3 Å². The molecule has 3 heterocycles. The number of carbonyl (C=O) groups excluding carboxylic acids is 1. The molecule has 1 aliphatic carbocycles. The van der Waals surface area contributed by atoms with E-state index < -0.39 is 5.41 Å². The summed E-state index contributed by atoms with van der Waals surface area (Å²) in [7, 11) is 0. The zero-order chi connectivity index (χ0) is 22.6. The summed E-state index contributed by atoms with van der Waals surface area (Å²) in [6.45, 7) is 6.18. The van der Waals surface area contributed by atoms with Crippen molar-refractivity contribution in [1.29, 1.82) is 0 Å². The van der Waals surface area contributed by atoms with Crippen molar-refractivity contribution in [2.24, 2.45) is 0 Å². The van der Waals surface area contributed by atoms with Crippen molar-refractivity contribution < 1.29 is 9.53 Å². The van der Waals surface area contributed by atoms with Gasteiger partial charge in [-0.1, -0.05) is 0 Å². The van der Waals surface area contributed by atoms with E-state index in [9.17, 15) is 4.79 Å². The Bertz CT molecular complexity index is 1090. The van der Waals surface area contributed by atoms with Gasteiger partial charge < -0.3 is 10.1 Å². The van der Waals surface area contributed by atoms with Crippen LogP contribution in [-0.4, -0.2) is 37.7 Å². The molecule has 0 aromatic carbocycles. The molecule has 0 radical (unpaired) electrons. The van der Waals surface area contributed by atoms with Crippen molar-refractivity contribution in [3.05, 3.63) is 54.7 Å². The fraction of sp³-hybridized carbons (Fsp3) is 0.348. The molecule has 4 rings (SSSR count). The highest BCUT2D eigenvalue weighted by atomic mass is 32.2. The fourth-order valence-electron chi connectivity index (χ4n) is 2.93. The van der Waals surface area contributed by atoms with E-state index in [1.54, 1.807) is 48.9 Å². The summed E-state index contributed by atoms with van der Waals surface area (Å²) in [5, 5.41) is 3.52. The molecule has 0 saturated heterocycles. The first-order chi connectivity index (χ1) is 15.5. The smallest absolute Gasteiger partial charge is 0.237 e. The van der Waals surface area contributed by atoms with Gasteiger partial charge in [-0.3, -0.25) is 14.5 Å². The molecule has 1 fully saturated rings. The van der Waals surface area contributed by atoms with Crippen LogP contribution in [0.25, 0.3) is 11.1 Å². The normalized spacial score (nSPS) is 13.5. The predicted octanol–water partition coefficient (Wildman–Crippen LogP) is 4.47. The molecule has 0 atom stereocenters. The lowest BCUT2D eigenvalue weighted by molar-refractivity contribution is -0.120. The second kappa shape index (κ2) is 9.52. The number of hydrogen-bond acceptors (Lipinski definition) is 8. The number of ether oxygens (including phenoxy) is 1. The lowest BCUT2D eigenvalue weighted by Crippen LogP contribution is -2.36. The van der Waals surface area contributed by atoms with Crippen molar-refractivity contribution >= 4 is 29.6 Å². The molecular weight excluding hydrogens is 424 g/mol. The Hall–Kier alpha value is -3.20. The Balaban J connectivity index is 1.43. The molecule has 0 bridgehead atoms. The van der Waals surface area contributed by atoms with Crippen molar-refractivity contribution in [2.75, 3.05) is 16.6 Å². The van der Waals surface area contributed by atoms with Crippen LogP contribution in [0.15, 0.2) is 49.1 Å². The highest BCUT2D eigenvalue weighted by molar-refractivity contribution is 8.01. The molecule has 9 heteroatoms. The zero-order valence-electron chi connectivity index (χ0n) is 18.3. The van der Waals surface area contributed by atoms with Crippen molar-refractivity contribution in [3.63, 3.8) is 0 Å². The maximum Gasteiger partial charge on any atom is 0.237 e. The minimum Gasteiger partial charge on any atom is -0.492 e. The largest absolute Gasteiger partial charge is 0.492 e. The molecular formula is C23H26N6O2S. The van der Waals surface area contributed by atoms with E-state index in [1.165, 1.54) is 12.8 Å². The minimum absolute atomic E-state index is 0.197. The van der Waals surface area contributed by atoms with E-state index in [2.05, 4.69) is 30.0 Å². The third-order valence-electron chi connectivity index (χ3n) is 5.07. The summed E-state index contributed by atoms with van der Waals surface area (Å²) in [6, 6.07) is 7.35. The molecule has 2 N–H and O–H groups in total. The lowest BCUT2D eigenvalue weighted by Gasteiger charge is -2.23. The Kier molecular flexibility index (Phi) is 6.55. The summed E-state index contributed by atoms with van der Waals surface area (Å²) >= 11 is 1.63. The first kappa shape index (κ1) is 22.0. The SMILES string of the molecule is CCOc1cncc(-c2ccc(NC(=O)C(C)(C)c3ccnc(NSC4CC4)n3)nc2)c1. The molecule has 3 aromatic rings. The van der Waals surface area contributed by atoms with E-state index >= 15 is 0 Å².